The summed E-state index contributed by atoms with van der Waals surface area (Å²) in [7, 11) is 1.69. The van der Waals surface area contributed by atoms with Gasteiger partial charge in [-0.1, -0.05) is 12.1 Å². The summed E-state index contributed by atoms with van der Waals surface area (Å²) >= 11 is 0. The molecule has 0 saturated heterocycles. The second kappa shape index (κ2) is 4.58. The van der Waals surface area contributed by atoms with Gasteiger partial charge in [0.15, 0.2) is 0 Å². The fraction of sp³-hybridized carbons (Fsp3) is 0.438. The highest BCUT2D eigenvalue weighted by molar-refractivity contribution is 5.79. The predicted octanol–water partition coefficient (Wildman–Crippen LogP) is 3.15. The topological polar surface area (TPSA) is 42.4 Å². The molecule has 1 fully saturated rings. The molecule has 19 heavy (non-hydrogen) atoms. The number of rotatable bonds is 3. The van der Waals surface area contributed by atoms with Crippen LogP contribution in [-0.4, -0.2) is 22.8 Å². The molecule has 0 aliphatic heterocycles. The number of ether oxygens (including phenoxy) is 1. The Morgan fingerprint density at radius 2 is 2.05 bits per heavy atom. The lowest BCUT2D eigenvalue weighted by molar-refractivity contribution is -0.151. The summed E-state index contributed by atoms with van der Waals surface area (Å²) in [4.78, 5) is 4.48. The summed E-state index contributed by atoms with van der Waals surface area (Å²) < 4.78 is 5.56. The zero-order valence-corrected chi connectivity index (χ0v) is 11.4. The molecule has 3 rings (SSSR count). The average molecular weight is 257 g/mol. The van der Waals surface area contributed by atoms with Gasteiger partial charge >= 0.3 is 0 Å². The van der Waals surface area contributed by atoms with Crippen LogP contribution in [0.2, 0.25) is 0 Å². The van der Waals surface area contributed by atoms with Gasteiger partial charge in [-0.15, -0.1) is 0 Å². The van der Waals surface area contributed by atoms with Gasteiger partial charge < -0.3 is 9.84 Å². The Hall–Kier alpha value is -1.45. The third-order valence-corrected chi connectivity index (χ3v) is 4.27. The van der Waals surface area contributed by atoms with Gasteiger partial charge in [0.25, 0.3) is 0 Å². The molecule has 0 spiro atoms. The lowest BCUT2D eigenvalue weighted by atomic mass is 9.73. The van der Waals surface area contributed by atoms with E-state index in [-0.39, 0.29) is 5.60 Å². The zero-order chi connectivity index (χ0) is 13.5. The van der Waals surface area contributed by atoms with E-state index in [1.165, 1.54) is 0 Å². The number of hydrogen-bond donors (Lipinski definition) is 1. The molecule has 3 nitrogen and oxygen atoms in total. The smallest absolute Gasteiger partial charge is 0.108 e. The molecule has 1 N–H and O–H groups in total. The van der Waals surface area contributed by atoms with E-state index < -0.39 is 6.10 Å². The van der Waals surface area contributed by atoms with Crippen LogP contribution in [0.25, 0.3) is 10.9 Å². The summed E-state index contributed by atoms with van der Waals surface area (Å²) in [5.74, 6) is 0. The van der Waals surface area contributed by atoms with Crippen molar-refractivity contribution in [1.29, 1.82) is 0 Å². The van der Waals surface area contributed by atoms with E-state index in [9.17, 15) is 5.11 Å². The van der Waals surface area contributed by atoms with Crippen LogP contribution < -0.4 is 0 Å². The van der Waals surface area contributed by atoms with Gasteiger partial charge in [0.2, 0.25) is 0 Å². The maximum absolute atomic E-state index is 10.6. The number of aryl methyl sites for hydroxylation is 1. The van der Waals surface area contributed by atoms with Gasteiger partial charge in [-0.25, -0.2) is 0 Å². The molecule has 1 aromatic heterocycles. The van der Waals surface area contributed by atoms with E-state index in [4.69, 9.17) is 4.74 Å². The van der Waals surface area contributed by atoms with Crippen LogP contribution in [0.1, 0.15) is 36.6 Å². The van der Waals surface area contributed by atoms with E-state index in [0.29, 0.717) is 0 Å². The minimum absolute atomic E-state index is 0.383. The maximum Gasteiger partial charge on any atom is 0.108 e. The fourth-order valence-corrected chi connectivity index (χ4v) is 2.83. The molecule has 1 aliphatic rings. The Balaban J connectivity index is 1.99. The highest BCUT2D eigenvalue weighted by atomic mass is 16.5. The number of pyridine rings is 1. The predicted molar refractivity (Wildman–Crippen MR) is 75.0 cm³/mol. The molecule has 3 heteroatoms. The lowest BCUT2D eigenvalue weighted by Crippen LogP contribution is -2.45. The van der Waals surface area contributed by atoms with Crippen molar-refractivity contribution in [2.45, 2.75) is 37.9 Å². The molecule has 1 aliphatic carbocycles. The second-order valence-corrected chi connectivity index (χ2v) is 5.43. The van der Waals surface area contributed by atoms with Crippen LogP contribution in [-0.2, 0) is 4.74 Å². The number of aliphatic hydroxyl groups is 1. The first-order valence-electron chi connectivity index (χ1n) is 6.75. The number of methoxy groups -OCH3 is 1. The van der Waals surface area contributed by atoms with E-state index in [0.717, 1.165) is 41.4 Å². The van der Waals surface area contributed by atoms with Crippen molar-refractivity contribution < 1.29 is 9.84 Å². The third kappa shape index (κ3) is 2.03. The highest BCUT2D eigenvalue weighted by Crippen LogP contribution is 2.45. The Bertz CT molecular complexity index is 599. The second-order valence-electron chi connectivity index (χ2n) is 5.43. The molecule has 1 atom stereocenters. The van der Waals surface area contributed by atoms with Crippen LogP contribution in [0.3, 0.4) is 0 Å². The van der Waals surface area contributed by atoms with Crippen molar-refractivity contribution in [3.05, 3.63) is 41.6 Å². The summed E-state index contributed by atoms with van der Waals surface area (Å²) in [5, 5.41) is 11.6. The third-order valence-electron chi connectivity index (χ3n) is 4.27. The number of aliphatic hydroxyl groups excluding tert-OH is 1. The molecule has 1 saturated carbocycles. The zero-order valence-electron chi connectivity index (χ0n) is 11.4. The first kappa shape index (κ1) is 12.6. The van der Waals surface area contributed by atoms with E-state index >= 15 is 0 Å². The van der Waals surface area contributed by atoms with Gasteiger partial charge in [-0.3, -0.25) is 4.98 Å². The van der Waals surface area contributed by atoms with Gasteiger partial charge in [0, 0.05) is 18.2 Å². The summed E-state index contributed by atoms with van der Waals surface area (Å²) in [6.07, 6.45) is 2.42. The molecule has 2 aromatic rings. The lowest BCUT2D eigenvalue weighted by Gasteiger charge is -2.44. The molecule has 0 radical (unpaired) electrons. The van der Waals surface area contributed by atoms with Crippen LogP contribution in [0.5, 0.6) is 0 Å². The molecule has 1 unspecified atom stereocenters. The van der Waals surface area contributed by atoms with Crippen molar-refractivity contribution in [2.75, 3.05) is 7.11 Å². The molecule has 0 amide bonds. The molecule has 100 valence electrons. The Labute approximate surface area is 113 Å². The SMILES string of the molecule is COC1(C(O)c2ccc3nc(C)ccc3c2)CCC1. The molecular weight excluding hydrogens is 238 g/mol. The van der Waals surface area contributed by atoms with Gasteiger partial charge in [-0.05, 0) is 49.9 Å². The van der Waals surface area contributed by atoms with Gasteiger partial charge in [-0.2, -0.15) is 0 Å². The summed E-state index contributed by atoms with van der Waals surface area (Å²) in [6.45, 7) is 1.98. The molecule has 0 bridgehead atoms. The number of fused-ring (bicyclic) bond motifs is 1. The number of nitrogens with zero attached hydrogens (tertiary/aromatic N) is 1. The maximum atomic E-state index is 10.6. The fourth-order valence-electron chi connectivity index (χ4n) is 2.83. The van der Waals surface area contributed by atoms with Crippen molar-refractivity contribution in [3.8, 4) is 0 Å². The quantitative estimate of drug-likeness (QED) is 0.918. The first-order valence-corrected chi connectivity index (χ1v) is 6.75. The Morgan fingerprint density at radius 1 is 1.26 bits per heavy atom. The summed E-state index contributed by atoms with van der Waals surface area (Å²) in [6, 6.07) is 10.00. The normalized spacial score (nSPS) is 19.1. The molecule has 1 aromatic carbocycles. The van der Waals surface area contributed by atoms with Crippen molar-refractivity contribution >= 4 is 10.9 Å². The highest BCUT2D eigenvalue weighted by Gasteiger charge is 2.44. The van der Waals surface area contributed by atoms with Crippen LogP contribution in [0.4, 0.5) is 0 Å². The Morgan fingerprint density at radius 3 is 2.68 bits per heavy atom. The minimum Gasteiger partial charge on any atom is -0.385 e. The van der Waals surface area contributed by atoms with Crippen molar-refractivity contribution in [1.82, 2.24) is 4.98 Å². The van der Waals surface area contributed by atoms with Crippen LogP contribution >= 0.6 is 0 Å². The number of aromatic nitrogens is 1. The van der Waals surface area contributed by atoms with Crippen molar-refractivity contribution in [2.24, 2.45) is 0 Å². The average Bonchev–Trinajstić information content (AvgIpc) is 2.37. The van der Waals surface area contributed by atoms with Crippen LogP contribution in [0.15, 0.2) is 30.3 Å². The van der Waals surface area contributed by atoms with E-state index in [1.807, 2.05) is 37.3 Å². The number of benzene rings is 1. The monoisotopic (exact) mass is 257 g/mol. The van der Waals surface area contributed by atoms with Crippen LogP contribution in [0, 0.1) is 6.92 Å². The van der Waals surface area contributed by atoms with Gasteiger partial charge in [0.1, 0.15) is 6.10 Å². The van der Waals surface area contributed by atoms with Crippen molar-refractivity contribution in [3.63, 3.8) is 0 Å². The summed E-state index contributed by atoms with van der Waals surface area (Å²) in [5.41, 5.74) is 2.51. The molecule has 1 heterocycles. The number of hydrogen-bond acceptors (Lipinski definition) is 3. The molecular formula is C16H19NO2. The largest absolute Gasteiger partial charge is 0.385 e. The van der Waals surface area contributed by atoms with E-state index in [2.05, 4.69) is 4.98 Å². The standard InChI is InChI=1S/C16H19NO2/c1-11-4-5-12-10-13(6-7-14(12)17-11)15(18)16(19-2)8-3-9-16/h4-7,10,15,18H,3,8-9H2,1-2H3. The first-order chi connectivity index (χ1) is 9.14. The minimum atomic E-state index is -0.558. The van der Waals surface area contributed by atoms with Gasteiger partial charge in [0.05, 0.1) is 11.1 Å². The van der Waals surface area contributed by atoms with E-state index in [1.54, 1.807) is 7.11 Å². The Kier molecular flexibility index (Phi) is 3.03.